The number of benzene rings is 1. The van der Waals surface area contributed by atoms with E-state index in [4.69, 9.17) is 0 Å². The summed E-state index contributed by atoms with van der Waals surface area (Å²) in [7, 11) is 0. The Bertz CT molecular complexity index is 360. The van der Waals surface area contributed by atoms with E-state index in [0.717, 1.165) is 11.5 Å². The second-order valence-corrected chi connectivity index (χ2v) is 5.36. The molecule has 2 rings (SSSR count). The van der Waals surface area contributed by atoms with Crippen LogP contribution in [-0.2, 0) is 0 Å². The van der Waals surface area contributed by atoms with E-state index in [1.807, 2.05) is 30.3 Å². The number of rotatable bonds is 1. The van der Waals surface area contributed by atoms with Crippen molar-refractivity contribution in [3.63, 3.8) is 0 Å². The summed E-state index contributed by atoms with van der Waals surface area (Å²) in [6.07, 6.45) is 11.3. The maximum absolute atomic E-state index is 10.6. The lowest BCUT2D eigenvalue weighted by Gasteiger charge is -2.02. The summed E-state index contributed by atoms with van der Waals surface area (Å²) in [6, 6.07) is 9.23. The van der Waals surface area contributed by atoms with Gasteiger partial charge in [0.25, 0.3) is 0 Å². The standard InChI is InChI=1S/C8H8O.C8H14.C3H8.H2/c1-7(9)8-5-3-2-4-6-8;1-8-6-4-2-3-5-7-8;1-3-2;/h2-6H,1H3;2-3,8H,4-7H2,1H3;3H2,1-2H3;1H. The summed E-state index contributed by atoms with van der Waals surface area (Å²) in [5.41, 5.74) is 0.775. The zero-order chi connectivity index (χ0) is 15.2. The number of ketones is 1. The summed E-state index contributed by atoms with van der Waals surface area (Å²) < 4.78 is 0. The van der Waals surface area contributed by atoms with Gasteiger partial charge in [-0.2, -0.15) is 0 Å². The van der Waals surface area contributed by atoms with Gasteiger partial charge in [-0.25, -0.2) is 0 Å². The van der Waals surface area contributed by atoms with Crippen LogP contribution in [0.5, 0.6) is 0 Å². The Kier molecular flexibility index (Phi) is 11.8. The molecule has 1 aliphatic carbocycles. The second kappa shape index (κ2) is 12.7. The van der Waals surface area contributed by atoms with Crippen LogP contribution in [0.4, 0.5) is 0 Å². The molecule has 1 heteroatoms. The molecule has 0 bridgehead atoms. The average molecular weight is 276 g/mol. The van der Waals surface area contributed by atoms with Crippen LogP contribution in [0.1, 0.15) is 71.6 Å². The molecular formula is C19H32O. The third-order valence-electron chi connectivity index (χ3n) is 3.00. The first-order valence-corrected chi connectivity index (χ1v) is 7.82. The van der Waals surface area contributed by atoms with Crippen molar-refractivity contribution in [3.05, 3.63) is 48.0 Å². The highest BCUT2D eigenvalue weighted by Gasteiger charge is 2.00. The molecule has 0 spiro atoms. The zero-order valence-corrected chi connectivity index (χ0v) is 13.6. The minimum Gasteiger partial charge on any atom is -0.295 e. The van der Waals surface area contributed by atoms with Gasteiger partial charge in [0, 0.05) is 6.99 Å². The van der Waals surface area contributed by atoms with Crippen LogP contribution < -0.4 is 0 Å². The van der Waals surface area contributed by atoms with Gasteiger partial charge in [0.2, 0.25) is 0 Å². The molecule has 0 saturated carbocycles. The van der Waals surface area contributed by atoms with Gasteiger partial charge in [0.15, 0.2) is 5.78 Å². The van der Waals surface area contributed by atoms with Gasteiger partial charge < -0.3 is 0 Å². The fourth-order valence-electron chi connectivity index (χ4n) is 1.81. The molecule has 0 aromatic heterocycles. The van der Waals surface area contributed by atoms with Crippen LogP contribution in [0.2, 0.25) is 0 Å². The van der Waals surface area contributed by atoms with Crippen molar-refractivity contribution >= 4 is 5.78 Å². The number of carbonyl (C=O) groups excluding carboxylic acids is 1. The molecule has 0 N–H and O–H groups in total. The lowest BCUT2D eigenvalue weighted by Crippen LogP contribution is -1.89. The van der Waals surface area contributed by atoms with Gasteiger partial charge in [-0.05, 0) is 38.5 Å². The average Bonchev–Trinajstić information content (AvgIpc) is 2.69. The van der Waals surface area contributed by atoms with Gasteiger partial charge in [-0.3, -0.25) is 4.79 Å². The van der Waals surface area contributed by atoms with Crippen LogP contribution in [0, 0.1) is 5.92 Å². The summed E-state index contributed by atoms with van der Waals surface area (Å²) in [6.45, 7) is 8.16. The predicted molar refractivity (Wildman–Crippen MR) is 91.3 cm³/mol. The van der Waals surface area contributed by atoms with Gasteiger partial charge in [-0.15, -0.1) is 0 Å². The lowest BCUT2D eigenvalue weighted by molar-refractivity contribution is 0.101. The van der Waals surface area contributed by atoms with Gasteiger partial charge >= 0.3 is 0 Å². The Morgan fingerprint density at radius 3 is 1.90 bits per heavy atom. The Morgan fingerprint density at radius 1 is 1.10 bits per heavy atom. The molecule has 114 valence electrons. The molecule has 0 radical (unpaired) electrons. The number of carbonyl (C=O) groups is 1. The second-order valence-electron chi connectivity index (χ2n) is 5.36. The number of hydrogen-bond acceptors (Lipinski definition) is 1. The Balaban J connectivity index is 0. The molecule has 0 amide bonds. The van der Waals surface area contributed by atoms with Crippen molar-refractivity contribution < 1.29 is 6.22 Å². The molecule has 20 heavy (non-hydrogen) atoms. The summed E-state index contributed by atoms with van der Waals surface area (Å²) in [4.78, 5) is 10.6. The van der Waals surface area contributed by atoms with Crippen molar-refractivity contribution in [2.24, 2.45) is 5.92 Å². The van der Waals surface area contributed by atoms with E-state index >= 15 is 0 Å². The normalized spacial score (nSPS) is 14.2. The Morgan fingerprint density at radius 2 is 1.55 bits per heavy atom. The highest BCUT2D eigenvalue weighted by Crippen LogP contribution is 2.16. The molecule has 1 nitrogen and oxygen atoms in total. The topological polar surface area (TPSA) is 17.1 Å². The van der Waals surface area contributed by atoms with Crippen molar-refractivity contribution in [2.45, 2.75) is 59.8 Å². The predicted octanol–water partition coefficient (Wildman–Crippen LogP) is 6.30. The first-order chi connectivity index (χ1) is 9.61. The molecule has 0 saturated heterocycles. The number of Topliss-reactive ketones (excluding diaryl/α,β-unsaturated/α-hetero) is 1. The zero-order valence-electron chi connectivity index (χ0n) is 13.6. The summed E-state index contributed by atoms with van der Waals surface area (Å²) in [5.74, 6) is 1.08. The highest BCUT2D eigenvalue weighted by atomic mass is 16.1. The van der Waals surface area contributed by atoms with E-state index in [9.17, 15) is 4.79 Å². The van der Waals surface area contributed by atoms with Crippen molar-refractivity contribution in [1.82, 2.24) is 0 Å². The van der Waals surface area contributed by atoms with Crippen LogP contribution in [0.3, 0.4) is 0 Å². The maximum atomic E-state index is 10.6. The molecule has 0 heterocycles. The van der Waals surface area contributed by atoms with Crippen LogP contribution in [0.25, 0.3) is 0 Å². The van der Waals surface area contributed by atoms with E-state index in [0.29, 0.717) is 0 Å². The van der Waals surface area contributed by atoms with Gasteiger partial charge in [0.05, 0.1) is 0 Å². The molecule has 1 aromatic carbocycles. The smallest absolute Gasteiger partial charge is 0.159 e. The van der Waals surface area contributed by atoms with Gasteiger partial charge in [-0.1, -0.05) is 69.7 Å². The third-order valence-corrected chi connectivity index (χ3v) is 3.00. The fraction of sp³-hybridized carbons (Fsp3) is 0.526. The van der Waals surface area contributed by atoms with Crippen molar-refractivity contribution in [3.8, 4) is 0 Å². The minimum absolute atomic E-state index is 0. The van der Waals surface area contributed by atoms with E-state index in [2.05, 4.69) is 32.9 Å². The molecule has 0 unspecified atom stereocenters. The van der Waals surface area contributed by atoms with E-state index in [-0.39, 0.29) is 7.21 Å². The molecule has 0 fully saturated rings. The van der Waals surface area contributed by atoms with Gasteiger partial charge in [0.1, 0.15) is 0 Å². The maximum Gasteiger partial charge on any atom is 0.159 e. The quantitative estimate of drug-likeness (QED) is 0.434. The van der Waals surface area contributed by atoms with Crippen molar-refractivity contribution in [2.75, 3.05) is 0 Å². The summed E-state index contributed by atoms with van der Waals surface area (Å²) in [5, 5.41) is 0. The van der Waals surface area contributed by atoms with E-state index < -0.39 is 0 Å². The fourth-order valence-corrected chi connectivity index (χ4v) is 1.81. The van der Waals surface area contributed by atoms with Crippen LogP contribution in [-0.4, -0.2) is 5.78 Å². The van der Waals surface area contributed by atoms with E-state index in [1.165, 1.54) is 32.1 Å². The monoisotopic (exact) mass is 276 g/mol. The van der Waals surface area contributed by atoms with Crippen molar-refractivity contribution in [1.29, 1.82) is 0 Å². The molecular weight excluding hydrogens is 244 g/mol. The first-order valence-electron chi connectivity index (χ1n) is 7.82. The van der Waals surface area contributed by atoms with E-state index in [1.54, 1.807) is 6.92 Å². The van der Waals surface area contributed by atoms with Crippen LogP contribution >= 0.6 is 0 Å². The minimum atomic E-state index is 0. The lowest BCUT2D eigenvalue weighted by atomic mass is 10.0. The largest absolute Gasteiger partial charge is 0.295 e. The molecule has 0 aliphatic heterocycles. The first kappa shape index (κ1) is 18.6. The Labute approximate surface area is 126 Å². The third kappa shape index (κ3) is 10.5. The number of allylic oxidation sites excluding steroid dienone is 2. The molecule has 0 atom stereocenters. The van der Waals surface area contributed by atoms with Crippen LogP contribution in [0.15, 0.2) is 42.5 Å². The summed E-state index contributed by atoms with van der Waals surface area (Å²) >= 11 is 0. The number of hydrogen-bond donors (Lipinski definition) is 0. The molecule has 1 aliphatic rings. The SMILES string of the molecule is CC(=O)c1ccccc1.CC1CCC=CCC1.CCC.[HH]. The highest BCUT2D eigenvalue weighted by molar-refractivity contribution is 5.93. The molecule has 1 aromatic rings. The Hall–Kier alpha value is -1.37.